The molecule has 2 unspecified atom stereocenters. The Labute approximate surface area is 122 Å². The molecule has 1 aromatic rings. The van der Waals surface area contributed by atoms with Crippen molar-refractivity contribution >= 4 is 5.69 Å². The first-order chi connectivity index (χ1) is 9.76. The maximum absolute atomic E-state index is 5.71. The number of hydrogen-bond donors (Lipinski definition) is 1. The number of hydrogen-bond acceptors (Lipinski definition) is 3. The van der Waals surface area contributed by atoms with Crippen molar-refractivity contribution in [2.24, 2.45) is 0 Å². The first-order valence-electron chi connectivity index (χ1n) is 7.97. The van der Waals surface area contributed by atoms with Gasteiger partial charge in [-0.3, -0.25) is 0 Å². The Balaban J connectivity index is 1.60. The summed E-state index contributed by atoms with van der Waals surface area (Å²) in [6, 6.07) is 10.6. The lowest BCUT2D eigenvalue weighted by Gasteiger charge is -2.37. The molecule has 3 nitrogen and oxygen atoms in total. The van der Waals surface area contributed by atoms with Crippen molar-refractivity contribution in [2.45, 2.75) is 57.2 Å². The second kappa shape index (κ2) is 6.04. The van der Waals surface area contributed by atoms with Gasteiger partial charge in [-0.2, -0.15) is 0 Å². The van der Waals surface area contributed by atoms with E-state index in [1.54, 1.807) is 0 Å². The molecule has 2 atom stereocenters. The fraction of sp³-hybridized carbons (Fsp3) is 0.647. The average Bonchev–Trinajstić information content (AvgIpc) is 2.67. The van der Waals surface area contributed by atoms with Crippen molar-refractivity contribution in [3.63, 3.8) is 0 Å². The predicted molar refractivity (Wildman–Crippen MR) is 83.4 cm³/mol. The summed E-state index contributed by atoms with van der Waals surface area (Å²) in [6.45, 7) is 2.93. The average molecular weight is 274 g/mol. The van der Waals surface area contributed by atoms with E-state index in [0.29, 0.717) is 6.04 Å². The van der Waals surface area contributed by atoms with E-state index >= 15 is 0 Å². The molecule has 1 aromatic carbocycles. The van der Waals surface area contributed by atoms with Gasteiger partial charge in [0.2, 0.25) is 0 Å². The van der Waals surface area contributed by atoms with Gasteiger partial charge in [0.05, 0.1) is 6.61 Å². The van der Waals surface area contributed by atoms with Gasteiger partial charge < -0.3 is 15.0 Å². The number of fused-ring (bicyclic) bond motifs is 2. The maximum Gasteiger partial charge on any atom is 0.121 e. The van der Waals surface area contributed by atoms with E-state index in [2.05, 4.69) is 42.4 Å². The molecule has 20 heavy (non-hydrogen) atoms. The molecule has 1 N–H and O–H groups in total. The van der Waals surface area contributed by atoms with Gasteiger partial charge in [0, 0.05) is 29.9 Å². The van der Waals surface area contributed by atoms with Crippen LogP contribution in [0.4, 0.5) is 5.69 Å². The van der Waals surface area contributed by atoms with E-state index in [9.17, 15) is 0 Å². The Bertz CT molecular complexity index is 434. The first-order valence-corrected chi connectivity index (χ1v) is 7.97. The summed E-state index contributed by atoms with van der Waals surface area (Å²) in [5.74, 6) is 0.979. The number of rotatable bonds is 5. The van der Waals surface area contributed by atoms with Crippen LogP contribution < -0.4 is 10.1 Å². The summed E-state index contributed by atoms with van der Waals surface area (Å²) in [5, 5.41) is 3.71. The van der Waals surface area contributed by atoms with Gasteiger partial charge in [0.1, 0.15) is 5.75 Å². The molecule has 2 heterocycles. The Hall–Kier alpha value is -1.22. The summed E-state index contributed by atoms with van der Waals surface area (Å²) in [6.07, 6.45) is 6.34. The van der Waals surface area contributed by atoms with Gasteiger partial charge in [-0.05, 0) is 51.3 Å². The Kier molecular flexibility index (Phi) is 4.16. The number of nitrogens with zero attached hydrogens (tertiary/aromatic N) is 1. The molecule has 0 aromatic heterocycles. The molecule has 2 aliphatic rings. The third kappa shape index (κ3) is 2.93. The number of anilines is 1. The van der Waals surface area contributed by atoms with E-state index in [1.807, 2.05) is 6.07 Å². The lowest BCUT2D eigenvalue weighted by molar-refractivity contribution is 0.169. The zero-order valence-corrected chi connectivity index (χ0v) is 12.6. The Morgan fingerprint density at radius 2 is 2.00 bits per heavy atom. The van der Waals surface area contributed by atoms with Crippen LogP contribution in [0.1, 0.15) is 39.0 Å². The normalized spacial score (nSPS) is 29.4. The molecule has 3 heteroatoms. The minimum absolute atomic E-state index is 0.616. The van der Waals surface area contributed by atoms with Crippen molar-refractivity contribution in [3.05, 3.63) is 24.3 Å². The zero-order chi connectivity index (χ0) is 13.9. The SMILES string of the molecule is CCCOc1cccc(NC2CC3CCC(C2)N3C)c1. The number of ether oxygens (including phenoxy) is 1. The Morgan fingerprint density at radius 3 is 2.70 bits per heavy atom. The second-order valence-electron chi connectivity index (χ2n) is 6.24. The molecule has 2 aliphatic heterocycles. The molecule has 2 fully saturated rings. The van der Waals surface area contributed by atoms with E-state index in [0.717, 1.165) is 30.9 Å². The van der Waals surface area contributed by atoms with Gasteiger partial charge in [0.15, 0.2) is 0 Å². The van der Waals surface area contributed by atoms with Crippen LogP contribution in [0.2, 0.25) is 0 Å². The van der Waals surface area contributed by atoms with Crippen LogP contribution in [-0.2, 0) is 0 Å². The van der Waals surface area contributed by atoms with Crippen LogP contribution in [0.25, 0.3) is 0 Å². The fourth-order valence-corrected chi connectivity index (χ4v) is 3.66. The van der Waals surface area contributed by atoms with Crippen LogP contribution in [0.5, 0.6) is 5.75 Å². The van der Waals surface area contributed by atoms with Crippen molar-refractivity contribution < 1.29 is 4.74 Å². The van der Waals surface area contributed by atoms with Crippen molar-refractivity contribution in [1.29, 1.82) is 0 Å². The number of piperidine rings is 1. The summed E-state index contributed by atoms with van der Waals surface area (Å²) in [7, 11) is 2.29. The molecule has 0 amide bonds. The molecule has 0 spiro atoms. The lowest BCUT2D eigenvalue weighted by Crippen LogP contribution is -2.44. The van der Waals surface area contributed by atoms with Crippen LogP contribution >= 0.6 is 0 Å². The van der Waals surface area contributed by atoms with Gasteiger partial charge in [-0.1, -0.05) is 13.0 Å². The third-order valence-electron chi connectivity index (χ3n) is 4.78. The highest BCUT2D eigenvalue weighted by molar-refractivity contribution is 5.49. The topological polar surface area (TPSA) is 24.5 Å². The summed E-state index contributed by atoms with van der Waals surface area (Å²) >= 11 is 0. The molecule has 0 aliphatic carbocycles. The van der Waals surface area contributed by atoms with Gasteiger partial charge >= 0.3 is 0 Å². The molecule has 3 rings (SSSR count). The van der Waals surface area contributed by atoms with Crippen LogP contribution in [0.3, 0.4) is 0 Å². The summed E-state index contributed by atoms with van der Waals surface area (Å²) in [4.78, 5) is 2.58. The minimum atomic E-state index is 0.616. The first kappa shape index (κ1) is 13.7. The van der Waals surface area contributed by atoms with Gasteiger partial charge in [-0.15, -0.1) is 0 Å². The Morgan fingerprint density at radius 1 is 1.25 bits per heavy atom. The quantitative estimate of drug-likeness (QED) is 0.889. The number of nitrogens with one attached hydrogen (secondary N) is 1. The van der Waals surface area contributed by atoms with E-state index in [-0.39, 0.29) is 0 Å². The number of benzene rings is 1. The fourth-order valence-electron chi connectivity index (χ4n) is 3.66. The highest BCUT2D eigenvalue weighted by atomic mass is 16.5. The van der Waals surface area contributed by atoms with Crippen LogP contribution in [0.15, 0.2) is 24.3 Å². The van der Waals surface area contributed by atoms with Crippen LogP contribution in [-0.4, -0.2) is 36.7 Å². The predicted octanol–water partition coefficient (Wildman–Crippen LogP) is 3.51. The lowest BCUT2D eigenvalue weighted by atomic mass is 9.98. The molecule has 2 saturated heterocycles. The summed E-state index contributed by atoms with van der Waals surface area (Å²) in [5.41, 5.74) is 1.20. The minimum Gasteiger partial charge on any atom is -0.494 e. The smallest absolute Gasteiger partial charge is 0.121 e. The van der Waals surface area contributed by atoms with Crippen molar-refractivity contribution in [2.75, 3.05) is 19.0 Å². The van der Waals surface area contributed by atoms with Gasteiger partial charge in [0.25, 0.3) is 0 Å². The second-order valence-corrected chi connectivity index (χ2v) is 6.24. The third-order valence-corrected chi connectivity index (χ3v) is 4.78. The molecule has 2 bridgehead atoms. The van der Waals surface area contributed by atoms with E-state index in [4.69, 9.17) is 4.74 Å². The standard InChI is InChI=1S/C17H26N2O/c1-3-9-20-17-6-4-5-13(12-17)18-14-10-15-7-8-16(11-14)19(15)2/h4-6,12,14-16,18H,3,7-11H2,1-2H3. The largest absolute Gasteiger partial charge is 0.494 e. The molecule has 0 saturated carbocycles. The molecular weight excluding hydrogens is 248 g/mol. The van der Waals surface area contributed by atoms with Crippen molar-refractivity contribution in [3.8, 4) is 5.75 Å². The summed E-state index contributed by atoms with van der Waals surface area (Å²) < 4.78 is 5.71. The van der Waals surface area contributed by atoms with Gasteiger partial charge in [-0.25, -0.2) is 0 Å². The maximum atomic E-state index is 5.71. The highest BCUT2D eigenvalue weighted by Gasteiger charge is 2.38. The molecule has 0 radical (unpaired) electrons. The molecule has 110 valence electrons. The van der Waals surface area contributed by atoms with E-state index < -0.39 is 0 Å². The van der Waals surface area contributed by atoms with E-state index in [1.165, 1.54) is 31.4 Å². The van der Waals surface area contributed by atoms with Crippen LogP contribution in [0, 0.1) is 0 Å². The monoisotopic (exact) mass is 274 g/mol. The zero-order valence-electron chi connectivity index (χ0n) is 12.6. The highest BCUT2D eigenvalue weighted by Crippen LogP contribution is 2.35. The molecular formula is C17H26N2O. The van der Waals surface area contributed by atoms with Crippen molar-refractivity contribution in [1.82, 2.24) is 4.90 Å².